The topological polar surface area (TPSA) is 22.1 Å². The van der Waals surface area contributed by atoms with E-state index in [1.165, 1.54) is 12.3 Å². The van der Waals surface area contributed by atoms with Crippen molar-refractivity contribution < 1.29 is 9.13 Å². The van der Waals surface area contributed by atoms with E-state index in [1.807, 2.05) is 0 Å². The Morgan fingerprint density at radius 1 is 1.43 bits per heavy atom. The molecule has 14 heavy (non-hydrogen) atoms. The minimum Gasteiger partial charge on any atom is -0.496 e. The Bertz CT molecular complexity index is 487. The number of aromatic nitrogens is 1. The van der Waals surface area contributed by atoms with E-state index >= 15 is 0 Å². The molecule has 0 bridgehead atoms. The summed E-state index contributed by atoms with van der Waals surface area (Å²) in [5, 5.41) is 0.712. The average molecular weight is 256 g/mol. The first kappa shape index (κ1) is 9.40. The molecule has 0 spiro atoms. The van der Waals surface area contributed by atoms with Crippen molar-refractivity contribution in [2.45, 2.75) is 0 Å². The van der Waals surface area contributed by atoms with E-state index in [1.54, 1.807) is 19.2 Å². The lowest BCUT2D eigenvalue weighted by molar-refractivity contribution is 0.413. The Labute approximate surface area is 88.8 Å². The highest BCUT2D eigenvalue weighted by atomic mass is 79.9. The van der Waals surface area contributed by atoms with Gasteiger partial charge in [0.05, 0.1) is 23.3 Å². The molecular formula is C10H7BrFNO. The van der Waals surface area contributed by atoms with E-state index in [0.29, 0.717) is 11.1 Å². The second kappa shape index (κ2) is 3.53. The number of methoxy groups -OCH3 is 1. The lowest BCUT2D eigenvalue weighted by Crippen LogP contribution is -1.88. The fourth-order valence-corrected chi connectivity index (χ4v) is 1.89. The fourth-order valence-electron chi connectivity index (χ4n) is 1.28. The molecule has 2 nitrogen and oxygen atoms in total. The Morgan fingerprint density at radius 3 is 2.93 bits per heavy atom. The first-order valence-corrected chi connectivity index (χ1v) is 4.79. The summed E-state index contributed by atoms with van der Waals surface area (Å²) < 4.78 is 18.8. The van der Waals surface area contributed by atoms with Crippen LogP contribution in [0.5, 0.6) is 5.75 Å². The first-order valence-electron chi connectivity index (χ1n) is 4.00. The molecule has 2 aromatic rings. The van der Waals surface area contributed by atoms with Crippen molar-refractivity contribution in [3.63, 3.8) is 0 Å². The van der Waals surface area contributed by atoms with Crippen LogP contribution in [0, 0.1) is 5.82 Å². The first-order chi connectivity index (χ1) is 6.72. The van der Waals surface area contributed by atoms with Gasteiger partial charge in [0, 0.05) is 5.39 Å². The van der Waals surface area contributed by atoms with Crippen molar-refractivity contribution in [3.8, 4) is 5.75 Å². The number of hydrogen-bond donors (Lipinski definition) is 0. The minimum atomic E-state index is -0.355. The molecule has 4 heteroatoms. The third kappa shape index (κ3) is 1.46. The number of hydrogen-bond acceptors (Lipinski definition) is 2. The lowest BCUT2D eigenvalue weighted by atomic mass is 10.2. The molecule has 0 aliphatic rings. The molecule has 0 unspecified atom stereocenters. The number of nitrogens with zero attached hydrogens (tertiary/aromatic N) is 1. The van der Waals surface area contributed by atoms with Crippen molar-refractivity contribution in [2.24, 2.45) is 0 Å². The van der Waals surface area contributed by atoms with Gasteiger partial charge in [-0.1, -0.05) is 0 Å². The van der Waals surface area contributed by atoms with Gasteiger partial charge >= 0.3 is 0 Å². The summed E-state index contributed by atoms with van der Waals surface area (Å²) in [4.78, 5) is 3.96. The molecule has 0 saturated heterocycles. The van der Waals surface area contributed by atoms with E-state index in [-0.39, 0.29) is 5.82 Å². The second-order valence-electron chi connectivity index (χ2n) is 2.80. The van der Waals surface area contributed by atoms with Crippen LogP contribution >= 0.6 is 15.9 Å². The molecule has 0 radical (unpaired) electrons. The van der Waals surface area contributed by atoms with E-state index in [2.05, 4.69) is 20.9 Å². The standard InChI is InChI=1S/C10H7BrFNO/c1-14-9-3-2-8-7(10(9)11)4-6(12)5-13-8/h2-5H,1H3. The Hall–Kier alpha value is -1.16. The van der Waals surface area contributed by atoms with Gasteiger partial charge in [-0.25, -0.2) is 4.39 Å². The van der Waals surface area contributed by atoms with Crippen molar-refractivity contribution in [1.82, 2.24) is 4.98 Å². The Balaban J connectivity index is 2.79. The van der Waals surface area contributed by atoms with Crippen LogP contribution in [0.1, 0.15) is 0 Å². The van der Waals surface area contributed by atoms with E-state index in [4.69, 9.17) is 4.74 Å². The molecule has 0 atom stereocenters. The molecule has 0 aliphatic carbocycles. The molecule has 2 rings (SSSR count). The van der Waals surface area contributed by atoms with Crippen LogP contribution in [0.4, 0.5) is 4.39 Å². The number of pyridine rings is 1. The quantitative estimate of drug-likeness (QED) is 0.781. The van der Waals surface area contributed by atoms with Gasteiger partial charge < -0.3 is 4.74 Å². The van der Waals surface area contributed by atoms with Gasteiger partial charge in [-0.05, 0) is 34.1 Å². The van der Waals surface area contributed by atoms with Crippen LogP contribution in [0.15, 0.2) is 28.9 Å². The minimum absolute atomic E-state index is 0.355. The van der Waals surface area contributed by atoms with Gasteiger partial charge in [0.15, 0.2) is 0 Å². The number of fused-ring (bicyclic) bond motifs is 1. The van der Waals surface area contributed by atoms with Crippen LogP contribution in [-0.2, 0) is 0 Å². The maximum atomic E-state index is 12.9. The number of benzene rings is 1. The van der Waals surface area contributed by atoms with Gasteiger partial charge in [0.25, 0.3) is 0 Å². The van der Waals surface area contributed by atoms with Gasteiger partial charge in [0.2, 0.25) is 0 Å². The van der Waals surface area contributed by atoms with Crippen LogP contribution < -0.4 is 4.74 Å². The maximum Gasteiger partial charge on any atom is 0.142 e. The zero-order valence-corrected chi connectivity index (χ0v) is 9.01. The van der Waals surface area contributed by atoms with Crippen molar-refractivity contribution in [2.75, 3.05) is 7.11 Å². The molecule has 0 amide bonds. The SMILES string of the molecule is COc1ccc2ncc(F)cc2c1Br. The third-order valence-corrected chi connectivity index (χ3v) is 2.77. The number of rotatable bonds is 1. The largest absolute Gasteiger partial charge is 0.496 e. The number of ether oxygens (including phenoxy) is 1. The normalized spacial score (nSPS) is 10.5. The maximum absolute atomic E-state index is 12.9. The summed E-state index contributed by atoms with van der Waals surface area (Å²) in [7, 11) is 1.57. The fraction of sp³-hybridized carbons (Fsp3) is 0.100. The smallest absolute Gasteiger partial charge is 0.142 e. The van der Waals surface area contributed by atoms with E-state index in [9.17, 15) is 4.39 Å². The molecule has 0 aliphatic heterocycles. The van der Waals surface area contributed by atoms with Gasteiger partial charge in [-0.3, -0.25) is 4.98 Å². The molecule has 1 aromatic heterocycles. The lowest BCUT2D eigenvalue weighted by Gasteiger charge is -2.05. The highest BCUT2D eigenvalue weighted by Crippen LogP contribution is 2.32. The second-order valence-corrected chi connectivity index (χ2v) is 3.60. The highest BCUT2D eigenvalue weighted by molar-refractivity contribution is 9.10. The molecule has 0 saturated carbocycles. The predicted molar refractivity (Wildman–Crippen MR) is 56.0 cm³/mol. The van der Waals surface area contributed by atoms with Crippen LogP contribution in [-0.4, -0.2) is 12.1 Å². The molecule has 0 fully saturated rings. The van der Waals surface area contributed by atoms with Gasteiger partial charge in [-0.15, -0.1) is 0 Å². The molecular weight excluding hydrogens is 249 g/mol. The Kier molecular flexibility index (Phi) is 2.37. The predicted octanol–water partition coefficient (Wildman–Crippen LogP) is 3.15. The van der Waals surface area contributed by atoms with Crippen LogP contribution in [0.25, 0.3) is 10.9 Å². The zero-order valence-electron chi connectivity index (χ0n) is 7.42. The Morgan fingerprint density at radius 2 is 2.21 bits per heavy atom. The van der Waals surface area contributed by atoms with Gasteiger partial charge in [-0.2, -0.15) is 0 Å². The summed E-state index contributed by atoms with van der Waals surface area (Å²) in [6, 6.07) is 5.00. The van der Waals surface area contributed by atoms with Crippen LogP contribution in [0.3, 0.4) is 0 Å². The zero-order chi connectivity index (χ0) is 10.1. The van der Waals surface area contributed by atoms with Crippen molar-refractivity contribution >= 4 is 26.8 Å². The summed E-state index contributed by atoms with van der Waals surface area (Å²) in [5.74, 6) is 0.316. The van der Waals surface area contributed by atoms with Crippen molar-refractivity contribution in [1.29, 1.82) is 0 Å². The van der Waals surface area contributed by atoms with Gasteiger partial charge in [0.1, 0.15) is 11.6 Å². The third-order valence-electron chi connectivity index (χ3n) is 1.95. The number of halogens is 2. The van der Waals surface area contributed by atoms with E-state index in [0.717, 1.165) is 9.99 Å². The molecule has 1 heterocycles. The highest BCUT2D eigenvalue weighted by Gasteiger charge is 2.06. The summed E-state index contributed by atoms with van der Waals surface area (Å²) >= 11 is 3.34. The van der Waals surface area contributed by atoms with Crippen molar-refractivity contribution in [3.05, 3.63) is 34.7 Å². The molecule has 1 aromatic carbocycles. The average Bonchev–Trinajstić information content (AvgIpc) is 2.20. The van der Waals surface area contributed by atoms with Crippen LogP contribution in [0.2, 0.25) is 0 Å². The monoisotopic (exact) mass is 255 g/mol. The molecule has 72 valence electrons. The summed E-state index contributed by atoms with van der Waals surface area (Å²) in [6.07, 6.45) is 1.20. The summed E-state index contributed by atoms with van der Waals surface area (Å²) in [5.41, 5.74) is 0.735. The summed E-state index contributed by atoms with van der Waals surface area (Å²) in [6.45, 7) is 0. The van der Waals surface area contributed by atoms with E-state index < -0.39 is 0 Å². The molecule has 0 N–H and O–H groups in total.